The van der Waals surface area contributed by atoms with Crippen LogP contribution in [0.1, 0.15) is 43.9 Å². The van der Waals surface area contributed by atoms with Gasteiger partial charge in [-0.2, -0.15) is 20.2 Å². The van der Waals surface area contributed by atoms with Gasteiger partial charge < -0.3 is 0 Å². The molecule has 1 amide bonds. The van der Waals surface area contributed by atoms with E-state index in [1.54, 1.807) is 16.7 Å². The van der Waals surface area contributed by atoms with E-state index < -0.39 is 16.3 Å². The molecule has 0 aromatic heterocycles. The molecule has 0 saturated carbocycles. The number of benzene rings is 1. The first-order valence-electron chi connectivity index (χ1n) is 8.93. The summed E-state index contributed by atoms with van der Waals surface area (Å²) in [4.78, 5) is 13.0. The van der Waals surface area contributed by atoms with E-state index in [9.17, 15) is 18.4 Å². The second kappa shape index (κ2) is 9.23. The normalized spacial score (nSPS) is 15.7. The molecular formula is C19H28N2O4S2. The van der Waals surface area contributed by atoms with Crippen molar-refractivity contribution in [2.75, 3.05) is 18.6 Å². The van der Waals surface area contributed by atoms with Crippen LogP contribution < -0.4 is 0 Å². The lowest BCUT2D eigenvalue weighted by Gasteiger charge is -2.34. The number of hydrogen-bond acceptors (Lipinski definition) is 5. The number of hydroxylamine groups is 2. The summed E-state index contributed by atoms with van der Waals surface area (Å²) in [6.45, 7) is 7.42. The lowest BCUT2D eigenvalue weighted by molar-refractivity contribution is -0.154. The highest BCUT2D eigenvalue weighted by atomic mass is 32.2. The summed E-state index contributed by atoms with van der Waals surface area (Å²) in [5.74, 6) is 0.634. The molecule has 1 N–H and O–H groups in total. The van der Waals surface area contributed by atoms with Crippen molar-refractivity contribution in [1.82, 2.24) is 9.96 Å². The molecule has 0 saturated heterocycles. The van der Waals surface area contributed by atoms with E-state index in [-0.39, 0.29) is 16.8 Å². The topological polar surface area (TPSA) is 77.9 Å². The fourth-order valence-corrected chi connectivity index (χ4v) is 4.58. The highest BCUT2D eigenvalue weighted by molar-refractivity contribution is 7.98. The summed E-state index contributed by atoms with van der Waals surface area (Å²) in [7, 11) is -2.53. The van der Waals surface area contributed by atoms with Gasteiger partial charge in [0.25, 0.3) is 0 Å². The average molecular weight is 413 g/mol. The fraction of sp³-hybridized carbons (Fsp3) is 0.579. The van der Waals surface area contributed by atoms with Crippen LogP contribution >= 0.6 is 11.8 Å². The van der Waals surface area contributed by atoms with Gasteiger partial charge in [-0.25, -0.2) is 5.06 Å². The molecule has 1 atom stereocenters. The molecule has 1 aromatic rings. The van der Waals surface area contributed by atoms with Gasteiger partial charge in [-0.05, 0) is 47.0 Å². The molecule has 1 aliphatic rings. The minimum absolute atomic E-state index is 0.00546. The van der Waals surface area contributed by atoms with Crippen molar-refractivity contribution < 1.29 is 18.4 Å². The number of carbonyl (C=O) groups is 1. The van der Waals surface area contributed by atoms with Crippen molar-refractivity contribution in [2.45, 2.75) is 51.6 Å². The number of thioether (sulfide) groups is 1. The fourth-order valence-electron chi connectivity index (χ4n) is 3.31. The first-order chi connectivity index (χ1) is 12.7. The van der Waals surface area contributed by atoms with Crippen molar-refractivity contribution in [1.29, 1.82) is 0 Å². The van der Waals surface area contributed by atoms with Crippen LogP contribution in [0.25, 0.3) is 0 Å². The molecule has 1 unspecified atom stereocenters. The Bertz CT molecular complexity index is 807. The van der Waals surface area contributed by atoms with E-state index in [2.05, 4.69) is 39.0 Å². The number of carbonyl (C=O) groups excluding carboxylic acids is 1. The zero-order valence-corrected chi connectivity index (χ0v) is 17.9. The van der Waals surface area contributed by atoms with Crippen LogP contribution in [-0.4, -0.2) is 59.6 Å². The van der Waals surface area contributed by atoms with Crippen LogP contribution in [0.4, 0.5) is 0 Å². The van der Waals surface area contributed by atoms with Gasteiger partial charge in [0.1, 0.15) is 11.0 Å². The number of rotatable bonds is 6. The van der Waals surface area contributed by atoms with Gasteiger partial charge >= 0.3 is 0 Å². The maximum absolute atomic E-state index is 12.0. The standard InChI is InChI=1S/C19H28N2O4S2/c1-19(2,3)16-6-5-14-7-9-20(12-15(14)11-16)18(27(24)25)17(8-10-26-4)21(23)13-22/h5-6,11,13,17,23H,7-10,12H2,1-4H3. The van der Waals surface area contributed by atoms with Crippen LogP contribution in [0.5, 0.6) is 0 Å². The van der Waals surface area contributed by atoms with E-state index >= 15 is 0 Å². The van der Waals surface area contributed by atoms with Crippen LogP contribution in [0.3, 0.4) is 0 Å². The number of nitrogens with zero attached hydrogens (tertiary/aromatic N) is 2. The second-order valence-electron chi connectivity index (χ2n) is 7.76. The molecule has 1 heterocycles. The molecule has 0 fully saturated rings. The molecule has 8 heteroatoms. The lowest BCUT2D eigenvalue weighted by Crippen LogP contribution is -2.49. The molecule has 150 valence electrons. The molecule has 0 radical (unpaired) electrons. The molecule has 1 aliphatic heterocycles. The Kier molecular flexibility index (Phi) is 7.50. The third-order valence-electron chi connectivity index (χ3n) is 4.87. The van der Waals surface area contributed by atoms with Gasteiger partial charge in [0.2, 0.25) is 16.7 Å². The van der Waals surface area contributed by atoms with E-state index in [1.165, 1.54) is 11.1 Å². The van der Waals surface area contributed by atoms with Crippen LogP contribution in [0, 0.1) is 0 Å². The molecule has 0 bridgehead atoms. The summed E-state index contributed by atoms with van der Waals surface area (Å²) in [5, 5.41) is 10.5. The molecule has 0 aliphatic carbocycles. The Morgan fingerprint density at radius 1 is 1.37 bits per heavy atom. The maximum Gasteiger partial charge on any atom is 0.233 e. The lowest BCUT2D eigenvalue weighted by atomic mass is 9.84. The van der Waals surface area contributed by atoms with Crippen LogP contribution in [-0.2, 0) is 33.5 Å². The second-order valence-corrected chi connectivity index (χ2v) is 9.63. The third kappa shape index (κ3) is 5.34. The number of fused-ring (bicyclic) bond motifs is 1. The first kappa shape index (κ1) is 21.9. The molecular weight excluding hydrogens is 384 g/mol. The molecule has 6 nitrogen and oxygen atoms in total. The Hall–Kier alpha value is -1.35. The first-order valence-corrected chi connectivity index (χ1v) is 11.4. The molecule has 0 spiro atoms. The average Bonchev–Trinajstić information content (AvgIpc) is 2.62. The van der Waals surface area contributed by atoms with Gasteiger partial charge in [-0.3, -0.25) is 14.9 Å². The van der Waals surface area contributed by atoms with E-state index in [0.29, 0.717) is 30.3 Å². The Labute approximate surface area is 167 Å². The van der Waals surface area contributed by atoms with Crippen molar-refractivity contribution >= 4 is 33.5 Å². The predicted octanol–water partition coefficient (Wildman–Crippen LogP) is 2.32. The SMILES string of the molecule is CSCCC(C(N1CCc2ccc(C(C)(C)C)cc2C1)=S(=O)=O)N(O)C=O. The van der Waals surface area contributed by atoms with E-state index in [1.807, 2.05) is 6.26 Å². The maximum atomic E-state index is 12.0. The monoisotopic (exact) mass is 412 g/mol. The number of amides is 1. The predicted molar refractivity (Wildman–Crippen MR) is 110 cm³/mol. The Morgan fingerprint density at radius 3 is 2.63 bits per heavy atom. The quantitative estimate of drug-likeness (QED) is 0.334. The van der Waals surface area contributed by atoms with Gasteiger partial charge in [0.05, 0.1) is 0 Å². The highest BCUT2D eigenvalue weighted by Crippen LogP contribution is 2.28. The zero-order valence-electron chi connectivity index (χ0n) is 16.3. The van der Waals surface area contributed by atoms with Gasteiger partial charge in [-0.1, -0.05) is 39.0 Å². The van der Waals surface area contributed by atoms with Gasteiger partial charge in [0.15, 0.2) is 0 Å². The Balaban J connectivity index is 2.38. The largest absolute Gasteiger partial charge is 0.285 e. The van der Waals surface area contributed by atoms with Gasteiger partial charge in [-0.15, -0.1) is 0 Å². The minimum Gasteiger partial charge on any atom is -0.285 e. The smallest absolute Gasteiger partial charge is 0.233 e. The Morgan fingerprint density at radius 2 is 2.07 bits per heavy atom. The van der Waals surface area contributed by atoms with Crippen molar-refractivity contribution in [3.8, 4) is 0 Å². The summed E-state index contributed by atoms with van der Waals surface area (Å²) in [6.07, 6.45) is 3.26. The van der Waals surface area contributed by atoms with Gasteiger partial charge in [0, 0.05) is 13.1 Å². The van der Waals surface area contributed by atoms with Crippen molar-refractivity contribution in [3.05, 3.63) is 34.9 Å². The van der Waals surface area contributed by atoms with Crippen molar-refractivity contribution in [2.24, 2.45) is 0 Å². The zero-order chi connectivity index (χ0) is 20.2. The summed E-state index contributed by atoms with van der Waals surface area (Å²) in [5.41, 5.74) is 3.51. The third-order valence-corrected chi connectivity index (χ3v) is 6.39. The molecule has 27 heavy (non-hydrogen) atoms. The van der Waals surface area contributed by atoms with E-state index in [0.717, 1.165) is 12.0 Å². The number of hydrogen-bond donors (Lipinski definition) is 1. The summed E-state index contributed by atoms with van der Waals surface area (Å²) in [6, 6.07) is 5.52. The van der Waals surface area contributed by atoms with E-state index in [4.69, 9.17) is 0 Å². The molecule has 1 aromatic carbocycles. The highest BCUT2D eigenvalue weighted by Gasteiger charge is 2.31. The van der Waals surface area contributed by atoms with Crippen LogP contribution in [0.15, 0.2) is 18.2 Å². The summed E-state index contributed by atoms with van der Waals surface area (Å²) < 4.78 is 24.0. The van der Waals surface area contributed by atoms with Crippen molar-refractivity contribution in [3.63, 3.8) is 0 Å². The molecule has 2 rings (SSSR count). The summed E-state index contributed by atoms with van der Waals surface area (Å²) >= 11 is 1.54. The van der Waals surface area contributed by atoms with Crippen LogP contribution in [0.2, 0.25) is 0 Å². The minimum atomic E-state index is -2.53.